The van der Waals surface area contributed by atoms with Gasteiger partial charge in [-0.3, -0.25) is 9.69 Å². The van der Waals surface area contributed by atoms with Gasteiger partial charge in [-0.2, -0.15) is 0 Å². The van der Waals surface area contributed by atoms with E-state index in [1.54, 1.807) is 12.1 Å². The third-order valence-corrected chi connectivity index (χ3v) is 3.92. The van der Waals surface area contributed by atoms with Gasteiger partial charge in [0, 0.05) is 18.8 Å². The molecule has 0 radical (unpaired) electrons. The number of carbonyl (C=O) groups is 1. The van der Waals surface area contributed by atoms with Gasteiger partial charge in [-0.1, -0.05) is 19.9 Å². The fourth-order valence-corrected chi connectivity index (χ4v) is 3.01. The van der Waals surface area contributed by atoms with Crippen molar-refractivity contribution in [3.05, 3.63) is 30.1 Å². The lowest BCUT2D eigenvalue weighted by molar-refractivity contribution is -0.121. The predicted molar refractivity (Wildman–Crippen MR) is 79.0 cm³/mol. The molecule has 4 heteroatoms. The maximum atomic E-state index is 13.1. The molecule has 1 aromatic rings. The molecule has 3 atom stereocenters. The summed E-state index contributed by atoms with van der Waals surface area (Å²) in [6, 6.07) is 5.82. The van der Waals surface area contributed by atoms with Crippen LogP contribution in [0.15, 0.2) is 24.3 Å². The first-order valence-corrected chi connectivity index (χ1v) is 7.26. The van der Waals surface area contributed by atoms with Gasteiger partial charge in [-0.05, 0) is 43.4 Å². The highest BCUT2D eigenvalue weighted by Crippen LogP contribution is 2.23. The molecule has 0 aromatic heterocycles. The molecule has 1 saturated heterocycles. The van der Waals surface area contributed by atoms with Gasteiger partial charge in [-0.15, -0.1) is 0 Å². The van der Waals surface area contributed by atoms with Crippen LogP contribution in [0.25, 0.3) is 0 Å². The highest BCUT2D eigenvalue weighted by atomic mass is 19.1. The second kappa shape index (κ2) is 6.35. The van der Waals surface area contributed by atoms with Crippen molar-refractivity contribution < 1.29 is 9.18 Å². The zero-order valence-electron chi connectivity index (χ0n) is 12.4. The van der Waals surface area contributed by atoms with Crippen molar-refractivity contribution in [1.82, 2.24) is 4.90 Å². The Morgan fingerprint density at radius 2 is 2.00 bits per heavy atom. The van der Waals surface area contributed by atoms with Crippen molar-refractivity contribution in [1.29, 1.82) is 0 Å². The fraction of sp³-hybridized carbons (Fsp3) is 0.562. The number of rotatable bonds is 3. The van der Waals surface area contributed by atoms with E-state index in [9.17, 15) is 9.18 Å². The van der Waals surface area contributed by atoms with E-state index in [4.69, 9.17) is 0 Å². The summed E-state index contributed by atoms with van der Waals surface area (Å²) in [4.78, 5) is 14.5. The van der Waals surface area contributed by atoms with Gasteiger partial charge in [0.25, 0.3) is 0 Å². The molecule has 0 aliphatic carbocycles. The highest BCUT2D eigenvalue weighted by Gasteiger charge is 2.28. The Labute approximate surface area is 120 Å². The van der Waals surface area contributed by atoms with Crippen molar-refractivity contribution >= 4 is 11.6 Å². The van der Waals surface area contributed by atoms with Crippen LogP contribution >= 0.6 is 0 Å². The number of likely N-dealkylation sites (tertiary alicyclic amines) is 1. The fourth-order valence-electron chi connectivity index (χ4n) is 3.01. The second-order valence-electron chi connectivity index (χ2n) is 6.08. The average molecular weight is 278 g/mol. The van der Waals surface area contributed by atoms with Crippen molar-refractivity contribution in [2.24, 2.45) is 11.8 Å². The largest absolute Gasteiger partial charge is 0.325 e. The highest BCUT2D eigenvalue weighted by molar-refractivity contribution is 5.94. The molecule has 20 heavy (non-hydrogen) atoms. The van der Waals surface area contributed by atoms with Crippen LogP contribution in [0, 0.1) is 17.7 Å². The maximum absolute atomic E-state index is 13.1. The lowest BCUT2D eigenvalue weighted by Gasteiger charge is -2.38. The zero-order chi connectivity index (χ0) is 14.7. The van der Waals surface area contributed by atoms with Gasteiger partial charge in [0.2, 0.25) is 5.91 Å². The summed E-state index contributed by atoms with van der Waals surface area (Å²) in [5.74, 6) is 0.818. The van der Waals surface area contributed by atoms with Crippen LogP contribution in [0.5, 0.6) is 0 Å². The third kappa shape index (κ3) is 3.79. The molecule has 0 bridgehead atoms. The lowest BCUT2D eigenvalue weighted by atomic mass is 9.91. The van der Waals surface area contributed by atoms with E-state index in [0.717, 1.165) is 13.1 Å². The van der Waals surface area contributed by atoms with E-state index < -0.39 is 0 Å². The topological polar surface area (TPSA) is 32.3 Å². The number of benzene rings is 1. The van der Waals surface area contributed by atoms with E-state index in [0.29, 0.717) is 17.5 Å². The van der Waals surface area contributed by atoms with Crippen molar-refractivity contribution in [2.75, 3.05) is 18.4 Å². The zero-order valence-corrected chi connectivity index (χ0v) is 12.4. The summed E-state index contributed by atoms with van der Waals surface area (Å²) in [5.41, 5.74) is 0.514. The second-order valence-corrected chi connectivity index (χ2v) is 6.08. The first-order valence-electron chi connectivity index (χ1n) is 7.26. The van der Waals surface area contributed by atoms with Gasteiger partial charge < -0.3 is 5.32 Å². The Morgan fingerprint density at radius 3 is 2.60 bits per heavy atom. The minimum atomic E-state index is -0.337. The molecule has 1 amide bonds. The summed E-state index contributed by atoms with van der Waals surface area (Å²) < 4.78 is 13.1. The third-order valence-electron chi connectivity index (χ3n) is 3.92. The quantitative estimate of drug-likeness (QED) is 0.921. The van der Waals surface area contributed by atoms with E-state index in [1.807, 2.05) is 6.92 Å². The van der Waals surface area contributed by atoms with Crippen LogP contribution in [-0.4, -0.2) is 29.9 Å². The maximum Gasteiger partial charge on any atom is 0.241 e. The summed E-state index contributed by atoms with van der Waals surface area (Å²) in [7, 11) is 0. The number of anilines is 1. The lowest BCUT2D eigenvalue weighted by Crippen LogP contribution is -2.48. The van der Waals surface area contributed by atoms with E-state index in [1.165, 1.54) is 18.6 Å². The molecule has 110 valence electrons. The smallest absolute Gasteiger partial charge is 0.241 e. The number of amides is 1. The van der Waals surface area contributed by atoms with Gasteiger partial charge in [-0.25, -0.2) is 4.39 Å². The molecule has 0 saturated carbocycles. The Hall–Kier alpha value is -1.42. The number of carbonyl (C=O) groups excluding carboxylic acids is 1. The van der Waals surface area contributed by atoms with E-state index in [2.05, 4.69) is 24.1 Å². The molecular weight excluding hydrogens is 255 g/mol. The van der Waals surface area contributed by atoms with Crippen molar-refractivity contribution in [3.63, 3.8) is 0 Å². The number of piperidine rings is 1. The number of hydrogen-bond donors (Lipinski definition) is 1. The molecule has 1 aliphatic heterocycles. The van der Waals surface area contributed by atoms with Crippen LogP contribution < -0.4 is 5.32 Å². The minimum Gasteiger partial charge on any atom is -0.325 e. The van der Waals surface area contributed by atoms with E-state index in [-0.39, 0.29) is 17.8 Å². The molecule has 1 aromatic carbocycles. The molecule has 1 aliphatic rings. The Bertz CT molecular complexity index is 467. The predicted octanol–water partition coefficient (Wildman–Crippen LogP) is 3.13. The van der Waals surface area contributed by atoms with Crippen LogP contribution in [-0.2, 0) is 4.79 Å². The molecule has 1 fully saturated rings. The van der Waals surface area contributed by atoms with Crippen LogP contribution in [0.2, 0.25) is 0 Å². The SMILES string of the molecule is CC1CC(C)CN(C(C)C(=O)Nc2cccc(F)c2)C1. The monoisotopic (exact) mass is 278 g/mol. The van der Waals surface area contributed by atoms with Gasteiger partial charge in [0.05, 0.1) is 6.04 Å². The summed E-state index contributed by atoms with van der Waals surface area (Å²) in [6.07, 6.45) is 1.22. The molecule has 1 N–H and O–H groups in total. The molecule has 2 rings (SSSR count). The number of hydrogen-bond acceptors (Lipinski definition) is 2. The summed E-state index contributed by atoms with van der Waals surface area (Å²) in [5, 5.41) is 2.79. The first kappa shape index (κ1) is 15.0. The first-order chi connectivity index (χ1) is 9.45. The minimum absolute atomic E-state index is 0.0723. The van der Waals surface area contributed by atoms with Gasteiger partial charge in [0.1, 0.15) is 5.82 Å². The Kier molecular flexibility index (Phi) is 4.76. The summed E-state index contributed by atoms with van der Waals surface area (Å²) >= 11 is 0. The molecule has 3 unspecified atom stereocenters. The van der Waals surface area contributed by atoms with Crippen molar-refractivity contribution in [2.45, 2.75) is 33.2 Å². The Balaban J connectivity index is 1.98. The molecule has 1 heterocycles. The van der Waals surface area contributed by atoms with Gasteiger partial charge in [0.15, 0.2) is 0 Å². The normalized spacial score (nSPS) is 25.2. The van der Waals surface area contributed by atoms with Gasteiger partial charge >= 0.3 is 0 Å². The van der Waals surface area contributed by atoms with Crippen LogP contribution in [0.4, 0.5) is 10.1 Å². The van der Waals surface area contributed by atoms with Crippen LogP contribution in [0.3, 0.4) is 0 Å². The number of nitrogens with zero attached hydrogens (tertiary/aromatic N) is 1. The molecular formula is C16H23FN2O. The average Bonchev–Trinajstić information content (AvgIpc) is 2.36. The van der Waals surface area contributed by atoms with Crippen LogP contribution in [0.1, 0.15) is 27.2 Å². The molecule has 0 spiro atoms. The van der Waals surface area contributed by atoms with Crippen molar-refractivity contribution in [3.8, 4) is 0 Å². The van der Waals surface area contributed by atoms with E-state index >= 15 is 0 Å². The molecule has 3 nitrogen and oxygen atoms in total. The Morgan fingerprint density at radius 1 is 1.35 bits per heavy atom. The number of nitrogens with one attached hydrogen (secondary N) is 1. The summed E-state index contributed by atoms with van der Waals surface area (Å²) in [6.45, 7) is 8.25. The number of halogens is 1. The standard InChI is InChI=1S/C16H23FN2O/c1-11-7-12(2)10-19(9-11)13(3)16(20)18-15-6-4-5-14(17)8-15/h4-6,8,11-13H,7,9-10H2,1-3H3,(H,18,20).